The molecule has 55 heavy (non-hydrogen) atoms. The van der Waals surface area contributed by atoms with Crippen LogP contribution in [0.1, 0.15) is 168 Å². The number of nitrogens with zero attached hydrogens (tertiary/aromatic N) is 1. The Bertz CT molecular complexity index is 1060. The van der Waals surface area contributed by atoms with Gasteiger partial charge in [0.25, 0.3) is 7.82 Å². The molecule has 9 heteroatoms. The van der Waals surface area contributed by atoms with Crippen molar-refractivity contribution in [2.24, 2.45) is 0 Å². The standard InChI is InChI=1S/C46H84NO7P/c1-6-8-10-12-14-16-18-20-22-23-24-26-28-30-32-34-36-38-41-51-43-45(44-53-55(49,50)52-42-40-47(3,4)5)54-46(48)39-37-35-33-31-29-27-25-21-19-17-15-13-11-9-7-2/h8,10,14,16,20,22,24,26,30,32,45H,6-7,9,11-13,15,17-19,21,23,25,27-29,31,33-44H2,1-5H3/b10-8-,16-14-,22-20-,26-24-,32-30-. The van der Waals surface area contributed by atoms with Gasteiger partial charge in [0, 0.05) is 13.0 Å². The van der Waals surface area contributed by atoms with E-state index in [9.17, 15) is 14.3 Å². The first-order valence-corrected chi connectivity index (χ1v) is 23.5. The van der Waals surface area contributed by atoms with Gasteiger partial charge in [0.1, 0.15) is 19.3 Å². The average molecular weight is 794 g/mol. The fourth-order valence-corrected chi connectivity index (χ4v) is 6.42. The van der Waals surface area contributed by atoms with Crippen LogP contribution >= 0.6 is 7.82 Å². The molecule has 0 saturated heterocycles. The van der Waals surface area contributed by atoms with E-state index in [1.807, 2.05) is 21.1 Å². The summed E-state index contributed by atoms with van der Waals surface area (Å²) in [6.07, 6.45) is 48.1. The van der Waals surface area contributed by atoms with E-state index in [1.165, 1.54) is 77.0 Å². The van der Waals surface area contributed by atoms with Gasteiger partial charge in [0.05, 0.1) is 34.4 Å². The number of quaternary nitrogens is 1. The van der Waals surface area contributed by atoms with Gasteiger partial charge in [-0.15, -0.1) is 0 Å². The number of phosphoric ester groups is 1. The molecule has 0 aliphatic heterocycles. The van der Waals surface area contributed by atoms with Crippen LogP contribution in [0, 0.1) is 0 Å². The summed E-state index contributed by atoms with van der Waals surface area (Å²) in [6, 6.07) is 0. The zero-order valence-corrected chi connectivity index (χ0v) is 37.0. The van der Waals surface area contributed by atoms with Crippen LogP contribution in [0.4, 0.5) is 0 Å². The first kappa shape index (κ1) is 53.2. The normalized spacial score (nSPS) is 14.4. The highest BCUT2D eigenvalue weighted by Gasteiger charge is 2.20. The third-order valence-corrected chi connectivity index (χ3v) is 10.0. The van der Waals surface area contributed by atoms with Crippen LogP contribution < -0.4 is 4.89 Å². The SMILES string of the molecule is CC/C=C\C/C=C\C/C=C\C/C=C\C/C=C\CCCCOCC(COP(=O)([O-])OCC[N+](C)(C)C)OC(=O)CCCCCCCCCCCCCCCCC. The van der Waals surface area contributed by atoms with Gasteiger partial charge in [-0.2, -0.15) is 0 Å². The van der Waals surface area contributed by atoms with Crippen LogP contribution in [0.25, 0.3) is 0 Å². The summed E-state index contributed by atoms with van der Waals surface area (Å²) < 4.78 is 34.5. The molecule has 0 rings (SSSR count). The maximum atomic E-state index is 12.7. The molecule has 0 aromatic carbocycles. The van der Waals surface area contributed by atoms with E-state index < -0.39 is 13.9 Å². The summed E-state index contributed by atoms with van der Waals surface area (Å²) in [6.45, 7) is 5.18. The Balaban J connectivity index is 4.32. The molecule has 0 aliphatic carbocycles. The molecule has 0 heterocycles. The minimum Gasteiger partial charge on any atom is -0.756 e. The van der Waals surface area contributed by atoms with Gasteiger partial charge in [0.2, 0.25) is 0 Å². The van der Waals surface area contributed by atoms with E-state index in [4.69, 9.17) is 18.5 Å². The lowest BCUT2D eigenvalue weighted by Crippen LogP contribution is -2.37. The Labute approximate surface area is 339 Å². The molecule has 0 aromatic heterocycles. The van der Waals surface area contributed by atoms with Gasteiger partial charge in [-0.3, -0.25) is 9.36 Å². The van der Waals surface area contributed by atoms with Gasteiger partial charge in [-0.05, 0) is 57.8 Å². The molecule has 0 radical (unpaired) electrons. The van der Waals surface area contributed by atoms with Crippen LogP contribution in [0.2, 0.25) is 0 Å². The molecule has 0 saturated carbocycles. The zero-order valence-electron chi connectivity index (χ0n) is 36.1. The minimum atomic E-state index is -4.54. The Morgan fingerprint density at radius 1 is 0.582 bits per heavy atom. The molecule has 0 aliphatic rings. The molecular formula is C46H84NO7P. The van der Waals surface area contributed by atoms with Gasteiger partial charge < -0.3 is 27.9 Å². The highest BCUT2D eigenvalue weighted by atomic mass is 31.2. The second kappa shape index (κ2) is 39.0. The van der Waals surface area contributed by atoms with E-state index in [2.05, 4.69) is 74.6 Å². The number of ether oxygens (including phenoxy) is 2. The van der Waals surface area contributed by atoms with Crippen LogP contribution in [0.3, 0.4) is 0 Å². The minimum absolute atomic E-state index is 0.0162. The summed E-state index contributed by atoms with van der Waals surface area (Å²) in [7, 11) is 1.32. The zero-order chi connectivity index (χ0) is 40.6. The molecule has 0 spiro atoms. The Hall–Kier alpha value is -1.80. The van der Waals surface area contributed by atoms with Gasteiger partial charge in [-0.25, -0.2) is 0 Å². The molecule has 8 nitrogen and oxygen atoms in total. The number of phosphoric acid groups is 1. The van der Waals surface area contributed by atoms with Gasteiger partial charge >= 0.3 is 5.97 Å². The quantitative estimate of drug-likeness (QED) is 0.0200. The van der Waals surface area contributed by atoms with Crippen molar-refractivity contribution in [3.63, 3.8) is 0 Å². The van der Waals surface area contributed by atoms with E-state index in [0.29, 0.717) is 24.1 Å². The molecule has 0 aromatic rings. The van der Waals surface area contributed by atoms with Crippen molar-refractivity contribution in [3.05, 3.63) is 60.8 Å². The molecule has 2 unspecified atom stereocenters. The fraction of sp³-hybridized carbons (Fsp3) is 0.761. The van der Waals surface area contributed by atoms with Crippen molar-refractivity contribution in [1.29, 1.82) is 0 Å². The summed E-state index contributed by atoms with van der Waals surface area (Å²) in [5.74, 6) is -0.350. The summed E-state index contributed by atoms with van der Waals surface area (Å²) >= 11 is 0. The summed E-state index contributed by atoms with van der Waals surface area (Å²) in [5.41, 5.74) is 0. The number of carbonyl (C=O) groups is 1. The molecule has 2 atom stereocenters. The lowest BCUT2D eigenvalue weighted by molar-refractivity contribution is -0.870. The second-order valence-electron chi connectivity index (χ2n) is 15.7. The number of hydrogen-bond donors (Lipinski definition) is 0. The molecule has 0 amide bonds. The molecular weight excluding hydrogens is 709 g/mol. The first-order valence-electron chi connectivity index (χ1n) is 22.0. The number of allylic oxidation sites excluding steroid dienone is 10. The van der Waals surface area contributed by atoms with E-state index in [0.717, 1.165) is 70.6 Å². The Morgan fingerprint density at radius 3 is 1.55 bits per heavy atom. The molecule has 0 N–H and O–H groups in total. The highest BCUT2D eigenvalue weighted by Crippen LogP contribution is 2.38. The third-order valence-electron chi connectivity index (χ3n) is 9.08. The maximum absolute atomic E-state index is 12.7. The maximum Gasteiger partial charge on any atom is 0.306 e. The van der Waals surface area contributed by atoms with Crippen molar-refractivity contribution in [2.75, 3.05) is 54.1 Å². The lowest BCUT2D eigenvalue weighted by Gasteiger charge is -2.28. The van der Waals surface area contributed by atoms with Crippen LogP contribution in [-0.4, -0.2) is 70.7 Å². The monoisotopic (exact) mass is 794 g/mol. The third kappa shape index (κ3) is 43.2. The highest BCUT2D eigenvalue weighted by molar-refractivity contribution is 7.45. The largest absolute Gasteiger partial charge is 0.756 e. The van der Waals surface area contributed by atoms with E-state index >= 15 is 0 Å². The molecule has 0 bridgehead atoms. The van der Waals surface area contributed by atoms with E-state index in [-0.39, 0.29) is 25.8 Å². The van der Waals surface area contributed by atoms with Gasteiger partial charge in [0.15, 0.2) is 0 Å². The summed E-state index contributed by atoms with van der Waals surface area (Å²) in [5, 5.41) is 0. The predicted octanol–water partition coefficient (Wildman–Crippen LogP) is 12.3. The smallest absolute Gasteiger partial charge is 0.306 e. The lowest BCUT2D eigenvalue weighted by atomic mass is 10.0. The van der Waals surface area contributed by atoms with Crippen molar-refractivity contribution in [1.82, 2.24) is 0 Å². The first-order chi connectivity index (χ1) is 26.6. The predicted molar refractivity (Wildman–Crippen MR) is 231 cm³/mol. The molecule has 0 fully saturated rings. The number of esters is 1. The van der Waals surface area contributed by atoms with E-state index in [1.54, 1.807) is 0 Å². The molecule has 320 valence electrons. The number of rotatable bonds is 40. The average Bonchev–Trinajstić information content (AvgIpc) is 3.13. The number of likely N-dealkylation sites (N-methyl/N-ethyl adjacent to an activating group) is 1. The van der Waals surface area contributed by atoms with Crippen molar-refractivity contribution < 1.29 is 37.3 Å². The van der Waals surface area contributed by atoms with Crippen molar-refractivity contribution >= 4 is 13.8 Å². The summed E-state index contributed by atoms with van der Waals surface area (Å²) in [4.78, 5) is 25.0. The van der Waals surface area contributed by atoms with Crippen LogP contribution in [-0.2, 0) is 27.9 Å². The van der Waals surface area contributed by atoms with Gasteiger partial charge in [-0.1, -0.05) is 164 Å². The second-order valence-corrected chi connectivity index (χ2v) is 17.1. The Kier molecular flexibility index (Phi) is 37.8. The number of hydrogen-bond acceptors (Lipinski definition) is 7. The van der Waals surface area contributed by atoms with Crippen molar-refractivity contribution in [3.8, 4) is 0 Å². The van der Waals surface area contributed by atoms with Crippen LogP contribution in [0.15, 0.2) is 60.8 Å². The topological polar surface area (TPSA) is 94.1 Å². The van der Waals surface area contributed by atoms with Crippen molar-refractivity contribution in [2.45, 2.75) is 174 Å². The van der Waals surface area contributed by atoms with Crippen LogP contribution in [0.5, 0.6) is 0 Å². The fourth-order valence-electron chi connectivity index (χ4n) is 5.69. The Morgan fingerprint density at radius 2 is 1.05 bits per heavy atom. The number of carbonyl (C=O) groups excluding carboxylic acids is 1. The number of unbranched alkanes of at least 4 members (excludes halogenated alkanes) is 16.